The van der Waals surface area contributed by atoms with Gasteiger partial charge < -0.3 is 15.2 Å². The molecule has 1 unspecified atom stereocenters. The van der Waals surface area contributed by atoms with Crippen LogP contribution in [0, 0.1) is 0 Å². The number of hydrogen-bond donors (Lipinski definition) is 3. The van der Waals surface area contributed by atoms with Crippen molar-refractivity contribution in [3.05, 3.63) is 43.0 Å². The number of piperidine rings is 1. The predicted octanol–water partition coefficient (Wildman–Crippen LogP) is 2.90. The summed E-state index contributed by atoms with van der Waals surface area (Å²) in [6.45, 7) is 0. The molecule has 27 heavy (non-hydrogen) atoms. The van der Waals surface area contributed by atoms with E-state index < -0.39 is 0 Å². The van der Waals surface area contributed by atoms with Crippen LogP contribution in [0.15, 0.2) is 43.0 Å². The molecule has 2 fully saturated rings. The predicted molar refractivity (Wildman–Crippen MR) is 100 cm³/mol. The Hall–Kier alpha value is -2.93. The standard InChI is InChI=1S/C20H21N5O2/c26-19-5-12(13-8-23-24-9-13)1-4-17(19)18-10-22-20(11-21-18)27-16-6-14-2-3-15(7-16)25-14/h1,4-5,8-11,14-16,25-26H,2-3,6-7H2,(H,23,24)/t14-,15+,16?. The first-order valence-corrected chi connectivity index (χ1v) is 9.32. The highest BCUT2D eigenvalue weighted by Gasteiger charge is 2.34. The lowest BCUT2D eigenvalue weighted by atomic mass is 10.0. The van der Waals surface area contributed by atoms with Crippen molar-refractivity contribution < 1.29 is 9.84 Å². The summed E-state index contributed by atoms with van der Waals surface area (Å²) < 4.78 is 6.04. The molecule has 7 nitrogen and oxygen atoms in total. The molecule has 0 saturated carbocycles. The summed E-state index contributed by atoms with van der Waals surface area (Å²) in [5.41, 5.74) is 3.06. The van der Waals surface area contributed by atoms with Crippen LogP contribution in [-0.2, 0) is 0 Å². The van der Waals surface area contributed by atoms with E-state index in [2.05, 4.69) is 25.5 Å². The van der Waals surface area contributed by atoms with Gasteiger partial charge in [0.15, 0.2) is 0 Å². The number of phenolic OH excluding ortho intramolecular Hbond substituents is 1. The average molecular weight is 363 g/mol. The summed E-state index contributed by atoms with van der Waals surface area (Å²) in [6, 6.07) is 6.62. The summed E-state index contributed by atoms with van der Waals surface area (Å²) in [4.78, 5) is 8.84. The SMILES string of the molecule is Oc1cc(-c2cn[nH]c2)ccc1-c1cnc(OC2C[C@H]3CC[C@@H](C2)N3)cn1. The van der Waals surface area contributed by atoms with Crippen molar-refractivity contribution in [2.75, 3.05) is 0 Å². The van der Waals surface area contributed by atoms with Crippen LogP contribution in [0.4, 0.5) is 0 Å². The number of benzene rings is 1. The van der Waals surface area contributed by atoms with Crippen LogP contribution < -0.4 is 10.1 Å². The zero-order chi connectivity index (χ0) is 18.2. The molecule has 2 bridgehead atoms. The van der Waals surface area contributed by atoms with Gasteiger partial charge in [-0.15, -0.1) is 0 Å². The van der Waals surface area contributed by atoms with Crippen LogP contribution in [0.25, 0.3) is 22.4 Å². The minimum Gasteiger partial charge on any atom is -0.507 e. The van der Waals surface area contributed by atoms with Gasteiger partial charge >= 0.3 is 0 Å². The lowest BCUT2D eigenvalue weighted by molar-refractivity contribution is 0.131. The minimum absolute atomic E-state index is 0.159. The summed E-state index contributed by atoms with van der Waals surface area (Å²) in [5, 5.41) is 20.7. The van der Waals surface area contributed by atoms with Crippen molar-refractivity contribution in [3.63, 3.8) is 0 Å². The van der Waals surface area contributed by atoms with Gasteiger partial charge in [0, 0.05) is 29.4 Å². The fraction of sp³-hybridized carbons (Fsp3) is 0.350. The van der Waals surface area contributed by atoms with E-state index in [0.717, 1.165) is 24.0 Å². The van der Waals surface area contributed by atoms with Crippen LogP contribution in [0.1, 0.15) is 25.7 Å². The summed E-state index contributed by atoms with van der Waals surface area (Å²) >= 11 is 0. The first-order chi connectivity index (χ1) is 13.2. The second-order valence-corrected chi connectivity index (χ2v) is 7.31. The third-order valence-corrected chi connectivity index (χ3v) is 5.45. The molecule has 3 atom stereocenters. The summed E-state index contributed by atoms with van der Waals surface area (Å²) in [6.07, 6.45) is 11.5. The second-order valence-electron chi connectivity index (χ2n) is 7.31. The Morgan fingerprint density at radius 2 is 1.85 bits per heavy atom. The Morgan fingerprint density at radius 3 is 2.52 bits per heavy atom. The Morgan fingerprint density at radius 1 is 1.00 bits per heavy atom. The molecule has 2 aliphatic rings. The Labute approximate surface area is 156 Å². The van der Waals surface area contributed by atoms with Crippen LogP contribution >= 0.6 is 0 Å². The first kappa shape index (κ1) is 16.3. The summed E-state index contributed by atoms with van der Waals surface area (Å²) in [5.74, 6) is 0.700. The molecule has 3 aromatic rings. The Balaban J connectivity index is 1.31. The van der Waals surface area contributed by atoms with E-state index in [-0.39, 0.29) is 11.9 Å². The monoisotopic (exact) mass is 363 g/mol. The number of hydrogen-bond acceptors (Lipinski definition) is 6. The third-order valence-electron chi connectivity index (χ3n) is 5.45. The van der Waals surface area contributed by atoms with E-state index in [0.29, 0.717) is 29.2 Å². The molecular weight excluding hydrogens is 342 g/mol. The largest absolute Gasteiger partial charge is 0.507 e. The maximum absolute atomic E-state index is 10.4. The maximum Gasteiger partial charge on any atom is 0.232 e. The first-order valence-electron chi connectivity index (χ1n) is 9.32. The van der Waals surface area contributed by atoms with Gasteiger partial charge in [0.25, 0.3) is 0 Å². The van der Waals surface area contributed by atoms with Crippen molar-refractivity contribution in [2.45, 2.75) is 43.9 Å². The van der Waals surface area contributed by atoms with Gasteiger partial charge in [-0.2, -0.15) is 5.10 Å². The van der Waals surface area contributed by atoms with Gasteiger partial charge in [0.05, 0.1) is 24.3 Å². The number of nitrogens with zero attached hydrogens (tertiary/aromatic N) is 3. The van der Waals surface area contributed by atoms with Gasteiger partial charge in [0.1, 0.15) is 11.9 Å². The minimum atomic E-state index is 0.159. The average Bonchev–Trinajstić information content (AvgIpc) is 3.32. The lowest BCUT2D eigenvalue weighted by Gasteiger charge is -2.28. The molecule has 2 aliphatic heterocycles. The highest BCUT2D eigenvalue weighted by atomic mass is 16.5. The highest BCUT2D eigenvalue weighted by molar-refractivity contribution is 5.73. The fourth-order valence-corrected chi connectivity index (χ4v) is 4.12. The van der Waals surface area contributed by atoms with Crippen molar-refractivity contribution in [1.29, 1.82) is 0 Å². The number of fused-ring (bicyclic) bond motifs is 2. The van der Waals surface area contributed by atoms with E-state index in [1.54, 1.807) is 30.9 Å². The topological polar surface area (TPSA) is 96.0 Å². The number of rotatable bonds is 4. The van der Waals surface area contributed by atoms with E-state index in [9.17, 15) is 5.11 Å². The van der Waals surface area contributed by atoms with Gasteiger partial charge in [-0.05, 0) is 43.4 Å². The zero-order valence-electron chi connectivity index (χ0n) is 14.8. The van der Waals surface area contributed by atoms with Crippen LogP contribution in [0.3, 0.4) is 0 Å². The van der Waals surface area contributed by atoms with Crippen LogP contribution in [0.5, 0.6) is 11.6 Å². The Bertz CT molecular complexity index is 914. The van der Waals surface area contributed by atoms with Crippen molar-refractivity contribution in [1.82, 2.24) is 25.5 Å². The molecule has 2 aromatic heterocycles. The lowest BCUT2D eigenvalue weighted by Crippen LogP contribution is -2.42. The summed E-state index contributed by atoms with van der Waals surface area (Å²) in [7, 11) is 0. The molecule has 2 saturated heterocycles. The number of H-pyrrole nitrogens is 1. The number of phenols is 1. The molecule has 0 radical (unpaired) electrons. The molecule has 5 rings (SSSR count). The number of aromatic amines is 1. The van der Waals surface area contributed by atoms with Crippen LogP contribution in [-0.4, -0.2) is 43.5 Å². The van der Waals surface area contributed by atoms with E-state index in [1.165, 1.54) is 12.8 Å². The van der Waals surface area contributed by atoms with Crippen molar-refractivity contribution >= 4 is 0 Å². The molecule has 0 aliphatic carbocycles. The third kappa shape index (κ3) is 3.26. The molecule has 3 N–H and O–H groups in total. The van der Waals surface area contributed by atoms with E-state index in [1.807, 2.05) is 12.1 Å². The second kappa shape index (κ2) is 6.66. The fourth-order valence-electron chi connectivity index (χ4n) is 4.12. The van der Waals surface area contributed by atoms with Gasteiger partial charge in [0.2, 0.25) is 5.88 Å². The number of ether oxygens (including phenoxy) is 1. The maximum atomic E-state index is 10.4. The highest BCUT2D eigenvalue weighted by Crippen LogP contribution is 2.33. The number of aromatic hydroxyl groups is 1. The van der Waals surface area contributed by atoms with Crippen LogP contribution in [0.2, 0.25) is 0 Å². The molecule has 0 amide bonds. The van der Waals surface area contributed by atoms with Gasteiger partial charge in [-0.25, -0.2) is 9.97 Å². The quantitative estimate of drug-likeness (QED) is 0.660. The van der Waals surface area contributed by atoms with E-state index >= 15 is 0 Å². The van der Waals surface area contributed by atoms with Gasteiger partial charge in [-0.3, -0.25) is 5.10 Å². The molecular formula is C20H21N5O2. The normalized spacial score (nSPS) is 24.1. The molecule has 0 spiro atoms. The van der Waals surface area contributed by atoms with Gasteiger partial charge in [-0.1, -0.05) is 6.07 Å². The number of aromatic nitrogens is 4. The van der Waals surface area contributed by atoms with E-state index in [4.69, 9.17) is 4.74 Å². The Kier molecular flexibility index (Phi) is 4.01. The molecule has 1 aromatic carbocycles. The molecule has 4 heterocycles. The van der Waals surface area contributed by atoms with Crippen molar-refractivity contribution in [3.8, 4) is 34.0 Å². The number of nitrogens with one attached hydrogen (secondary N) is 2. The smallest absolute Gasteiger partial charge is 0.232 e. The molecule has 138 valence electrons. The van der Waals surface area contributed by atoms with Crippen molar-refractivity contribution in [2.24, 2.45) is 0 Å². The molecule has 7 heteroatoms. The zero-order valence-corrected chi connectivity index (χ0v) is 14.8.